The Labute approximate surface area is 97.2 Å². The van der Waals surface area contributed by atoms with Crippen LogP contribution in [-0.2, 0) is 6.42 Å². The summed E-state index contributed by atoms with van der Waals surface area (Å²) in [6.07, 6.45) is 0.992. The van der Waals surface area contributed by atoms with Gasteiger partial charge in [0.2, 0.25) is 0 Å². The first-order valence-corrected chi connectivity index (χ1v) is 5.55. The van der Waals surface area contributed by atoms with Gasteiger partial charge in [-0.05, 0) is 44.9 Å². The van der Waals surface area contributed by atoms with Gasteiger partial charge in [-0.2, -0.15) is 0 Å². The van der Waals surface area contributed by atoms with Crippen LogP contribution in [0.4, 0.5) is 10.5 Å². The predicted octanol–water partition coefficient (Wildman–Crippen LogP) is 2.93. The Balaban J connectivity index is 3.07. The third-order valence-electron chi connectivity index (χ3n) is 2.49. The zero-order valence-electron chi connectivity index (χ0n) is 10.4. The molecule has 0 heterocycles. The lowest BCUT2D eigenvalue weighted by atomic mass is 10.0. The van der Waals surface area contributed by atoms with Crippen LogP contribution in [-0.4, -0.2) is 11.6 Å². The molecule has 0 spiro atoms. The van der Waals surface area contributed by atoms with E-state index < -0.39 is 6.03 Å². The quantitative estimate of drug-likeness (QED) is 0.818. The van der Waals surface area contributed by atoms with Gasteiger partial charge in [0.25, 0.3) is 0 Å². The van der Waals surface area contributed by atoms with E-state index >= 15 is 0 Å². The van der Waals surface area contributed by atoms with Crippen LogP contribution < -0.4 is 10.6 Å². The first kappa shape index (κ1) is 12.6. The zero-order valence-corrected chi connectivity index (χ0v) is 10.4. The molecule has 3 nitrogen and oxygen atoms in total. The molecule has 3 heteroatoms. The number of hydrogen-bond donors (Lipinski definition) is 1. The van der Waals surface area contributed by atoms with E-state index in [1.54, 1.807) is 4.90 Å². The van der Waals surface area contributed by atoms with Gasteiger partial charge in [0.1, 0.15) is 0 Å². The summed E-state index contributed by atoms with van der Waals surface area (Å²) in [5.41, 5.74) is 7.20. The maximum absolute atomic E-state index is 11.4. The smallest absolute Gasteiger partial charge is 0.319 e. The van der Waals surface area contributed by atoms with E-state index in [4.69, 9.17) is 5.73 Å². The van der Waals surface area contributed by atoms with Crippen LogP contribution in [0.5, 0.6) is 0 Å². The Hall–Kier alpha value is -1.51. The van der Waals surface area contributed by atoms with Crippen LogP contribution in [0.1, 0.15) is 33.3 Å². The molecule has 1 aromatic rings. The van der Waals surface area contributed by atoms with E-state index in [-0.39, 0.29) is 5.54 Å². The number of anilines is 1. The van der Waals surface area contributed by atoms with Crippen LogP contribution in [0.3, 0.4) is 0 Å². The van der Waals surface area contributed by atoms with Crippen molar-refractivity contribution in [2.75, 3.05) is 4.90 Å². The topological polar surface area (TPSA) is 46.3 Å². The van der Waals surface area contributed by atoms with Gasteiger partial charge in [0, 0.05) is 11.2 Å². The SMILES string of the molecule is CCc1ccc(N(C(N)=O)C(C)(C)C)cc1. The number of urea groups is 1. The Morgan fingerprint density at radius 3 is 2.06 bits per heavy atom. The van der Waals surface area contributed by atoms with Crippen molar-refractivity contribution in [3.8, 4) is 0 Å². The van der Waals surface area contributed by atoms with E-state index in [1.807, 2.05) is 45.0 Å². The maximum Gasteiger partial charge on any atom is 0.319 e. The van der Waals surface area contributed by atoms with Crippen molar-refractivity contribution in [3.05, 3.63) is 29.8 Å². The van der Waals surface area contributed by atoms with Gasteiger partial charge in [-0.15, -0.1) is 0 Å². The predicted molar refractivity (Wildman–Crippen MR) is 67.6 cm³/mol. The maximum atomic E-state index is 11.4. The molecule has 1 rings (SSSR count). The van der Waals surface area contributed by atoms with Gasteiger partial charge in [0.05, 0.1) is 0 Å². The van der Waals surface area contributed by atoms with E-state index in [0.717, 1.165) is 12.1 Å². The summed E-state index contributed by atoms with van der Waals surface area (Å²) in [5.74, 6) is 0. The number of amides is 2. The third-order valence-corrected chi connectivity index (χ3v) is 2.49. The summed E-state index contributed by atoms with van der Waals surface area (Å²) >= 11 is 0. The first-order valence-electron chi connectivity index (χ1n) is 5.55. The molecule has 2 amide bonds. The van der Waals surface area contributed by atoms with Gasteiger partial charge in [-0.25, -0.2) is 4.79 Å². The minimum absolute atomic E-state index is 0.306. The normalized spacial score (nSPS) is 11.2. The zero-order chi connectivity index (χ0) is 12.3. The molecule has 0 aliphatic carbocycles. The number of nitrogens with zero attached hydrogens (tertiary/aromatic N) is 1. The lowest BCUT2D eigenvalue weighted by molar-refractivity contribution is 0.249. The standard InChI is InChI=1S/C13H20N2O/c1-5-10-6-8-11(9-7-10)15(12(14)16)13(2,3)4/h6-9H,5H2,1-4H3,(H2,14,16). The van der Waals surface area contributed by atoms with E-state index in [9.17, 15) is 4.79 Å². The Bertz CT molecular complexity index is 363. The highest BCUT2D eigenvalue weighted by molar-refractivity contribution is 5.92. The molecule has 0 unspecified atom stereocenters. The van der Waals surface area contributed by atoms with Gasteiger partial charge >= 0.3 is 6.03 Å². The molecule has 2 N–H and O–H groups in total. The second-order valence-electron chi connectivity index (χ2n) is 4.86. The van der Waals surface area contributed by atoms with E-state index in [0.29, 0.717) is 0 Å². The fraction of sp³-hybridized carbons (Fsp3) is 0.462. The summed E-state index contributed by atoms with van der Waals surface area (Å²) in [4.78, 5) is 13.1. The summed E-state index contributed by atoms with van der Waals surface area (Å²) in [6, 6.07) is 7.51. The largest absolute Gasteiger partial charge is 0.351 e. The molecule has 0 aliphatic heterocycles. The van der Waals surface area contributed by atoms with Crippen molar-refractivity contribution >= 4 is 11.7 Å². The van der Waals surface area contributed by atoms with Crippen molar-refractivity contribution in [2.45, 2.75) is 39.7 Å². The molecular formula is C13H20N2O. The van der Waals surface area contributed by atoms with Gasteiger partial charge in [-0.3, -0.25) is 4.90 Å². The monoisotopic (exact) mass is 220 g/mol. The molecule has 0 aromatic heterocycles. The first-order chi connectivity index (χ1) is 7.36. The molecule has 1 aromatic carbocycles. The second-order valence-corrected chi connectivity index (χ2v) is 4.86. The molecule has 0 fully saturated rings. The summed E-state index contributed by atoms with van der Waals surface area (Å²) in [5, 5.41) is 0. The Morgan fingerprint density at radius 1 is 1.25 bits per heavy atom. The average Bonchev–Trinajstić information content (AvgIpc) is 2.16. The lowest BCUT2D eigenvalue weighted by Gasteiger charge is -2.34. The minimum atomic E-state index is -0.420. The second kappa shape index (κ2) is 4.56. The van der Waals surface area contributed by atoms with E-state index in [1.165, 1.54) is 5.56 Å². The molecule has 0 radical (unpaired) electrons. The third kappa shape index (κ3) is 2.75. The summed E-state index contributed by atoms with van der Waals surface area (Å²) in [6.45, 7) is 7.99. The van der Waals surface area contributed by atoms with Crippen LogP contribution >= 0.6 is 0 Å². The molecular weight excluding hydrogens is 200 g/mol. The highest BCUT2D eigenvalue weighted by atomic mass is 16.2. The van der Waals surface area contributed by atoms with Crippen molar-refractivity contribution in [3.63, 3.8) is 0 Å². The number of hydrogen-bond acceptors (Lipinski definition) is 1. The number of aryl methyl sites for hydroxylation is 1. The van der Waals surface area contributed by atoms with Crippen molar-refractivity contribution in [1.29, 1.82) is 0 Å². The minimum Gasteiger partial charge on any atom is -0.351 e. The highest BCUT2D eigenvalue weighted by Crippen LogP contribution is 2.23. The number of primary amides is 1. The summed E-state index contributed by atoms with van der Waals surface area (Å²) < 4.78 is 0. The van der Waals surface area contributed by atoms with Crippen LogP contribution in [0.15, 0.2) is 24.3 Å². The molecule has 0 aliphatic rings. The van der Waals surface area contributed by atoms with Crippen LogP contribution in [0.25, 0.3) is 0 Å². The average molecular weight is 220 g/mol. The molecule has 16 heavy (non-hydrogen) atoms. The number of carbonyl (C=O) groups excluding carboxylic acids is 1. The molecule has 0 saturated heterocycles. The van der Waals surface area contributed by atoms with Gasteiger partial charge in [-0.1, -0.05) is 19.1 Å². The molecule has 0 atom stereocenters. The van der Waals surface area contributed by atoms with Crippen molar-refractivity contribution < 1.29 is 4.79 Å². The molecule has 0 bridgehead atoms. The van der Waals surface area contributed by atoms with Gasteiger partial charge in [0.15, 0.2) is 0 Å². The molecule has 0 saturated carbocycles. The highest BCUT2D eigenvalue weighted by Gasteiger charge is 2.25. The van der Waals surface area contributed by atoms with E-state index in [2.05, 4.69) is 6.92 Å². The van der Waals surface area contributed by atoms with Crippen LogP contribution in [0.2, 0.25) is 0 Å². The molecule has 88 valence electrons. The Kier molecular flexibility index (Phi) is 3.58. The fourth-order valence-electron chi connectivity index (χ4n) is 1.73. The number of benzene rings is 1. The fourth-order valence-corrected chi connectivity index (χ4v) is 1.73. The number of nitrogens with two attached hydrogens (primary N) is 1. The lowest BCUT2D eigenvalue weighted by Crippen LogP contribution is -2.48. The van der Waals surface area contributed by atoms with Crippen LogP contribution in [0, 0.1) is 0 Å². The van der Waals surface area contributed by atoms with Crippen molar-refractivity contribution in [2.24, 2.45) is 5.73 Å². The Morgan fingerprint density at radius 2 is 1.75 bits per heavy atom. The van der Waals surface area contributed by atoms with Gasteiger partial charge < -0.3 is 5.73 Å². The van der Waals surface area contributed by atoms with Crippen molar-refractivity contribution in [1.82, 2.24) is 0 Å². The number of rotatable bonds is 2. The number of carbonyl (C=O) groups is 1. The summed E-state index contributed by atoms with van der Waals surface area (Å²) in [7, 11) is 0.